The van der Waals surface area contributed by atoms with E-state index in [9.17, 15) is 13.2 Å². The Balaban J connectivity index is 2.30. The first-order valence-corrected chi connectivity index (χ1v) is 9.47. The number of rotatable bonds is 8. The third-order valence-electron chi connectivity index (χ3n) is 3.79. The first-order chi connectivity index (χ1) is 11.3. The SMILES string of the molecule is CCC[C@H](C(C)=O)[C@H](Cc1cnc(S(C)(=O)=O)nc1)c1nnn[nH]1. The van der Waals surface area contributed by atoms with Gasteiger partial charge in [-0.25, -0.2) is 23.5 Å². The average molecular weight is 352 g/mol. The number of hydrogen-bond donors (Lipinski definition) is 1. The molecule has 0 aromatic carbocycles. The molecule has 0 fully saturated rings. The van der Waals surface area contributed by atoms with Gasteiger partial charge in [0.25, 0.3) is 0 Å². The molecule has 130 valence electrons. The predicted octanol–water partition coefficient (Wildman–Crippen LogP) is 0.725. The lowest BCUT2D eigenvalue weighted by atomic mass is 9.81. The molecule has 0 amide bonds. The lowest BCUT2D eigenvalue weighted by Gasteiger charge is -2.22. The maximum absolute atomic E-state index is 12.1. The number of aromatic amines is 1. The molecular formula is C14H20N6O3S. The number of nitrogens with one attached hydrogen (secondary N) is 1. The van der Waals surface area contributed by atoms with Crippen molar-refractivity contribution in [1.29, 1.82) is 0 Å². The van der Waals surface area contributed by atoms with Gasteiger partial charge in [0.05, 0.1) is 0 Å². The summed E-state index contributed by atoms with van der Waals surface area (Å²) in [6, 6.07) is 0. The summed E-state index contributed by atoms with van der Waals surface area (Å²) in [4.78, 5) is 19.8. The summed E-state index contributed by atoms with van der Waals surface area (Å²) in [5.41, 5.74) is 0.714. The van der Waals surface area contributed by atoms with Crippen LogP contribution < -0.4 is 0 Å². The molecule has 0 aliphatic rings. The molecule has 0 radical (unpaired) electrons. The Bertz CT molecular complexity index is 773. The number of H-pyrrole nitrogens is 1. The van der Waals surface area contributed by atoms with E-state index in [-0.39, 0.29) is 22.8 Å². The van der Waals surface area contributed by atoms with Crippen molar-refractivity contribution < 1.29 is 13.2 Å². The van der Waals surface area contributed by atoms with E-state index in [1.165, 1.54) is 12.4 Å². The lowest BCUT2D eigenvalue weighted by molar-refractivity contribution is -0.121. The molecule has 9 nitrogen and oxygen atoms in total. The van der Waals surface area contributed by atoms with Gasteiger partial charge in [0, 0.05) is 30.5 Å². The summed E-state index contributed by atoms with van der Waals surface area (Å²) in [5, 5.41) is 13.6. The number of hydrogen-bond acceptors (Lipinski definition) is 8. The maximum Gasteiger partial charge on any atom is 0.246 e. The Morgan fingerprint density at radius 1 is 1.29 bits per heavy atom. The van der Waals surface area contributed by atoms with Gasteiger partial charge >= 0.3 is 0 Å². The summed E-state index contributed by atoms with van der Waals surface area (Å²) in [6.45, 7) is 3.57. The smallest absolute Gasteiger partial charge is 0.246 e. The zero-order valence-corrected chi connectivity index (χ0v) is 14.6. The summed E-state index contributed by atoms with van der Waals surface area (Å²) >= 11 is 0. The van der Waals surface area contributed by atoms with E-state index in [1.54, 1.807) is 6.92 Å². The molecule has 0 aliphatic carbocycles. The number of carbonyl (C=O) groups is 1. The molecule has 1 N–H and O–H groups in total. The number of ketones is 1. The molecule has 10 heteroatoms. The van der Waals surface area contributed by atoms with Crippen LogP contribution in [-0.4, -0.2) is 51.0 Å². The van der Waals surface area contributed by atoms with Gasteiger partial charge < -0.3 is 0 Å². The van der Waals surface area contributed by atoms with Crippen molar-refractivity contribution in [3.05, 3.63) is 23.8 Å². The largest absolute Gasteiger partial charge is 0.300 e. The van der Waals surface area contributed by atoms with Crippen LogP contribution in [0.2, 0.25) is 0 Å². The number of sulfone groups is 1. The zero-order chi connectivity index (χ0) is 17.7. The topological polar surface area (TPSA) is 131 Å². The van der Waals surface area contributed by atoms with E-state index < -0.39 is 9.84 Å². The van der Waals surface area contributed by atoms with Crippen LogP contribution in [0.5, 0.6) is 0 Å². The summed E-state index contributed by atoms with van der Waals surface area (Å²) in [6.07, 6.45) is 5.98. The molecule has 24 heavy (non-hydrogen) atoms. The molecule has 0 saturated heterocycles. The minimum absolute atomic E-state index is 0.0620. The lowest BCUT2D eigenvalue weighted by Crippen LogP contribution is -2.23. The van der Waals surface area contributed by atoms with Gasteiger partial charge in [0.2, 0.25) is 15.0 Å². The second-order valence-electron chi connectivity index (χ2n) is 5.75. The van der Waals surface area contributed by atoms with Crippen molar-refractivity contribution in [2.45, 2.75) is 44.2 Å². The molecule has 0 unspecified atom stereocenters. The van der Waals surface area contributed by atoms with Crippen molar-refractivity contribution >= 4 is 15.6 Å². The molecule has 2 atom stereocenters. The van der Waals surface area contributed by atoms with Crippen LogP contribution in [0.3, 0.4) is 0 Å². The van der Waals surface area contributed by atoms with E-state index >= 15 is 0 Å². The Hall–Kier alpha value is -2.23. The predicted molar refractivity (Wildman–Crippen MR) is 84.8 cm³/mol. The number of Topliss-reactive ketones (excluding diaryl/α,β-unsaturated/α-hetero) is 1. The minimum Gasteiger partial charge on any atom is -0.300 e. The summed E-state index contributed by atoms with van der Waals surface area (Å²) < 4.78 is 22.9. The van der Waals surface area contributed by atoms with E-state index in [0.717, 1.165) is 12.7 Å². The normalized spacial score (nSPS) is 14.3. The van der Waals surface area contributed by atoms with Crippen LogP contribution in [0.1, 0.15) is 44.0 Å². The van der Waals surface area contributed by atoms with Gasteiger partial charge in [-0.05, 0) is 35.8 Å². The second-order valence-corrected chi connectivity index (χ2v) is 7.66. The highest BCUT2D eigenvalue weighted by Crippen LogP contribution is 2.30. The van der Waals surface area contributed by atoms with Crippen LogP contribution in [0, 0.1) is 5.92 Å². The Labute approximate surface area is 140 Å². The first-order valence-electron chi connectivity index (χ1n) is 7.58. The van der Waals surface area contributed by atoms with Gasteiger partial charge in [0.1, 0.15) is 5.78 Å². The van der Waals surface area contributed by atoms with Crippen molar-refractivity contribution in [2.75, 3.05) is 6.26 Å². The zero-order valence-electron chi connectivity index (χ0n) is 13.8. The van der Waals surface area contributed by atoms with E-state index in [0.29, 0.717) is 24.2 Å². The number of aromatic nitrogens is 6. The van der Waals surface area contributed by atoms with Crippen LogP contribution in [0.15, 0.2) is 17.6 Å². The molecule has 0 aliphatic heterocycles. The third-order valence-corrected chi connectivity index (χ3v) is 4.66. The van der Waals surface area contributed by atoms with Crippen molar-refractivity contribution in [1.82, 2.24) is 30.6 Å². The maximum atomic E-state index is 12.1. The Morgan fingerprint density at radius 3 is 2.42 bits per heavy atom. The van der Waals surface area contributed by atoms with Gasteiger partial charge in [-0.15, -0.1) is 5.10 Å². The van der Waals surface area contributed by atoms with Crippen LogP contribution in [0.25, 0.3) is 0 Å². The van der Waals surface area contributed by atoms with Crippen molar-refractivity contribution in [3.8, 4) is 0 Å². The first kappa shape index (κ1) is 18.1. The minimum atomic E-state index is -3.44. The van der Waals surface area contributed by atoms with Gasteiger partial charge in [-0.2, -0.15) is 0 Å². The fraction of sp³-hybridized carbons (Fsp3) is 0.571. The molecule has 2 heterocycles. The summed E-state index contributed by atoms with van der Waals surface area (Å²) in [7, 11) is -3.44. The quantitative estimate of drug-likeness (QED) is 0.688. The number of carbonyl (C=O) groups excluding carboxylic acids is 1. The number of tetrazole rings is 1. The third kappa shape index (κ3) is 4.40. The van der Waals surface area contributed by atoms with Crippen LogP contribution in [-0.2, 0) is 21.1 Å². The fourth-order valence-electron chi connectivity index (χ4n) is 2.65. The highest BCUT2D eigenvalue weighted by molar-refractivity contribution is 7.90. The Kier molecular flexibility index (Phi) is 5.71. The molecule has 2 aromatic heterocycles. The highest BCUT2D eigenvalue weighted by Gasteiger charge is 2.29. The van der Waals surface area contributed by atoms with Gasteiger partial charge in [-0.1, -0.05) is 13.3 Å². The fourth-order valence-corrected chi connectivity index (χ4v) is 3.13. The highest BCUT2D eigenvalue weighted by atomic mass is 32.2. The molecule has 0 bridgehead atoms. The molecule has 0 saturated carbocycles. The van der Waals surface area contributed by atoms with Crippen molar-refractivity contribution in [3.63, 3.8) is 0 Å². The standard InChI is InChI=1S/C14H20N6O3S/c1-4-5-11(9(2)21)12(13-17-19-20-18-13)6-10-7-15-14(16-8-10)24(3,22)23/h7-8,11-12H,4-6H2,1-3H3,(H,17,18,19,20)/t11-,12+/m1/s1. The monoisotopic (exact) mass is 352 g/mol. The second kappa shape index (κ2) is 7.56. The van der Waals surface area contributed by atoms with Crippen molar-refractivity contribution in [2.24, 2.45) is 5.92 Å². The molecule has 0 spiro atoms. The van der Waals surface area contributed by atoms with E-state index in [1.807, 2.05) is 6.92 Å². The summed E-state index contributed by atoms with van der Waals surface area (Å²) in [5.74, 6) is 0.104. The van der Waals surface area contributed by atoms with E-state index in [2.05, 4.69) is 30.6 Å². The molecule has 2 aromatic rings. The molecule has 2 rings (SSSR count). The van der Waals surface area contributed by atoms with Gasteiger partial charge in [0.15, 0.2) is 5.82 Å². The van der Waals surface area contributed by atoms with Crippen LogP contribution >= 0.6 is 0 Å². The van der Waals surface area contributed by atoms with E-state index in [4.69, 9.17) is 0 Å². The molecular weight excluding hydrogens is 332 g/mol. The number of nitrogens with zero attached hydrogens (tertiary/aromatic N) is 5. The van der Waals surface area contributed by atoms with Crippen LogP contribution in [0.4, 0.5) is 0 Å². The Morgan fingerprint density at radius 2 is 1.96 bits per heavy atom. The average Bonchev–Trinajstić information content (AvgIpc) is 3.04. The van der Waals surface area contributed by atoms with Gasteiger partial charge in [-0.3, -0.25) is 4.79 Å².